The molecule has 1 N–H and O–H groups in total. The number of aryl methyl sites for hydroxylation is 1. The predicted octanol–water partition coefficient (Wildman–Crippen LogP) is 2.28. The molecular weight excluding hydrogens is 321 g/mol. The summed E-state index contributed by atoms with van der Waals surface area (Å²) in [7, 11) is 0. The molecule has 1 amide bonds. The van der Waals surface area contributed by atoms with Gasteiger partial charge in [0, 0.05) is 18.9 Å². The maximum atomic E-state index is 13.0. The Kier molecular flexibility index (Phi) is 4.47. The van der Waals surface area contributed by atoms with Crippen molar-refractivity contribution in [2.24, 2.45) is 0 Å². The van der Waals surface area contributed by atoms with Crippen LogP contribution in [0.15, 0.2) is 36.9 Å². The van der Waals surface area contributed by atoms with Crippen molar-refractivity contribution in [2.75, 3.05) is 6.54 Å². The minimum absolute atomic E-state index is 0.100. The van der Waals surface area contributed by atoms with Crippen molar-refractivity contribution in [3.8, 4) is 0 Å². The highest BCUT2D eigenvalue weighted by molar-refractivity contribution is 6.33. The largest absolute Gasteiger partial charge is 0.352 e. The van der Waals surface area contributed by atoms with E-state index in [1.165, 1.54) is 18.5 Å². The number of fused-ring (bicyclic) bond motifs is 1. The van der Waals surface area contributed by atoms with E-state index >= 15 is 0 Å². The fourth-order valence-corrected chi connectivity index (χ4v) is 2.40. The minimum Gasteiger partial charge on any atom is -0.352 e. The summed E-state index contributed by atoms with van der Waals surface area (Å²) < 4.78 is 14.6. The highest BCUT2D eigenvalue weighted by Gasteiger charge is 2.10. The van der Waals surface area contributed by atoms with Gasteiger partial charge >= 0.3 is 0 Å². The standard InChI is InChI=1S/C15H13ClFN5O/c16-13-6-11(17)3-4-12(13)14(23)18-5-1-2-10-7-19-15-20-9-21-22(15)8-10/h3-4,6-9H,1-2,5H2,(H,18,23). The second kappa shape index (κ2) is 6.70. The number of halogens is 2. The maximum Gasteiger partial charge on any atom is 0.252 e. The lowest BCUT2D eigenvalue weighted by atomic mass is 10.2. The van der Waals surface area contributed by atoms with E-state index < -0.39 is 5.82 Å². The number of hydrogen-bond acceptors (Lipinski definition) is 4. The molecule has 0 saturated heterocycles. The van der Waals surface area contributed by atoms with E-state index in [-0.39, 0.29) is 16.5 Å². The van der Waals surface area contributed by atoms with Crippen molar-refractivity contribution in [2.45, 2.75) is 12.8 Å². The third-order valence-corrected chi connectivity index (χ3v) is 3.60. The lowest BCUT2D eigenvalue weighted by Crippen LogP contribution is -2.25. The fourth-order valence-electron chi connectivity index (χ4n) is 2.15. The van der Waals surface area contributed by atoms with Gasteiger partial charge in [-0.25, -0.2) is 13.9 Å². The van der Waals surface area contributed by atoms with E-state index in [1.54, 1.807) is 10.7 Å². The van der Waals surface area contributed by atoms with Crippen LogP contribution in [0.2, 0.25) is 5.02 Å². The Bertz CT molecular complexity index is 851. The molecule has 0 atom stereocenters. The zero-order valence-electron chi connectivity index (χ0n) is 12.0. The summed E-state index contributed by atoms with van der Waals surface area (Å²) in [5, 5.41) is 6.88. The van der Waals surface area contributed by atoms with Crippen LogP contribution in [0.25, 0.3) is 5.78 Å². The monoisotopic (exact) mass is 333 g/mol. The second-order valence-electron chi connectivity index (χ2n) is 4.95. The molecule has 6 nitrogen and oxygen atoms in total. The number of aromatic nitrogens is 4. The summed E-state index contributed by atoms with van der Waals surface area (Å²) in [6, 6.07) is 3.70. The second-order valence-corrected chi connectivity index (χ2v) is 5.36. The molecule has 2 heterocycles. The van der Waals surface area contributed by atoms with Gasteiger partial charge in [-0.3, -0.25) is 4.79 Å². The van der Waals surface area contributed by atoms with Crippen molar-refractivity contribution in [1.29, 1.82) is 0 Å². The van der Waals surface area contributed by atoms with Gasteiger partial charge < -0.3 is 5.32 Å². The molecule has 0 aliphatic rings. The zero-order valence-corrected chi connectivity index (χ0v) is 12.8. The molecule has 3 rings (SSSR count). The molecule has 1 aromatic carbocycles. The number of hydrogen-bond donors (Lipinski definition) is 1. The van der Waals surface area contributed by atoms with E-state index in [1.807, 2.05) is 6.20 Å². The van der Waals surface area contributed by atoms with E-state index in [9.17, 15) is 9.18 Å². The van der Waals surface area contributed by atoms with Gasteiger partial charge in [0.1, 0.15) is 12.1 Å². The van der Waals surface area contributed by atoms with E-state index in [0.29, 0.717) is 12.3 Å². The molecule has 0 unspecified atom stereocenters. The van der Waals surface area contributed by atoms with Crippen LogP contribution in [0.1, 0.15) is 22.3 Å². The lowest BCUT2D eigenvalue weighted by Gasteiger charge is -2.07. The lowest BCUT2D eigenvalue weighted by molar-refractivity contribution is 0.0953. The molecule has 8 heteroatoms. The van der Waals surface area contributed by atoms with Crippen LogP contribution in [-0.2, 0) is 6.42 Å². The van der Waals surface area contributed by atoms with E-state index in [0.717, 1.165) is 24.5 Å². The maximum absolute atomic E-state index is 13.0. The van der Waals surface area contributed by atoms with Crippen molar-refractivity contribution >= 4 is 23.3 Å². The SMILES string of the molecule is O=C(NCCCc1cnc2ncnn2c1)c1ccc(F)cc1Cl. The molecule has 2 aromatic heterocycles. The quantitative estimate of drug-likeness (QED) is 0.727. The average molecular weight is 334 g/mol. The average Bonchev–Trinajstić information content (AvgIpc) is 2.99. The predicted molar refractivity (Wildman–Crippen MR) is 82.8 cm³/mol. The Morgan fingerprint density at radius 2 is 2.22 bits per heavy atom. The Balaban J connectivity index is 1.51. The summed E-state index contributed by atoms with van der Waals surface area (Å²) in [5.74, 6) is -0.240. The Hall–Kier alpha value is -2.54. The Morgan fingerprint density at radius 3 is 3.04 bits per heavy atom. The smallest absolute Gasteiger partial charge is 0.252 e. The van der Waals surface area contributed by atoms with Crippen LogP contribution in [0.3, 0.4) is 0 Å². The summed E-state index contributed by atoms with van der Waals surface area (Å²) in [6.45, 7) is 0.474. The topological polar surface area (TPSA) is 72.2 Å². The molecule has 23 heavy (non-hydrogen) atoms. The van der Waals surface area contributed by atoms with Gasteiger partial charge in [0.2, 0.25) is 0 Å². The first-order chi connectivity index (χ1) is 11.1. The van der Waals surface area contributed by atoms with Gasteiger partial charge in [0.15, 0.2) is 0 Å². The zero-order chi connectivity index (χ0) is 16.2. The molecule has 3 aromatic rings. The Morgan fingerprint density at radius 1 is 1.35 bits per heavy atom. The number of nitrogens with zero attached hydrogens (tertiary/aromatic N) is 4. The van der Waals surface area contributed by atoms with Crippen LogP contribution in [-0.4, -0.2) is 32.0 Å². The molecule has 0 fully saturated rings. The van der Waals surface area contributed by atoms with Crippen LogP contribution in [0, 0.1) is 5.82 Å². The van der Waals surface area contributed by atoms with Crippen molar-refractivity contribution in [1.82, 2.24) is 24.9 Å². The van der Waals surface area contributed by atoms with Crippen LogP contribution in [0.4, 0.5) is 4.39 Å². The van der Waals surface area contributed by atoms with E-state index in [2.05, 4.69) is 20.4 Å². The van der Waals surface area contributed by atoms with Gasteiger partial charge in [-0.1, -0.05) is 11.6 Å². The summed E-state index contributed by atoms with van der Waals surface area (Å²) >= 11 is 5.85. The minimum atomic E-state index is -0.470. The third-order valence-electron chi connectivity index (χ3n) is 3.29. The fraction of sp³-hybridized carbons (Fsp3) is 0.200. The molecule has 118 valence electrons. The van der Waals surface area contributed by atoms with Crippen molar-refractivity contribution in [3.05, 3.63) is 58.9 Å². The molecule has 0 radical (unpaired) electrons. The highest BCUT2D eigenvalue weighted by atomic mass is 35.5. The molecular formula is C15H13ClFN5O. The summed E-state index contributed by atoms with van der Waals surface area (Å²) in [4.78, 5) is 20.1. The first kappa shape index (κ1) is 15.4. The highest BCUT2D eigenvalue weighted by Crippen LogP contribution is 2.17. The molecule has 0 bridgehead atoms. The molecule has 0 aliphatic carbocycles. The number of carbonyl (C=O) groups excluding carboxylic acids is 1. The van der Waals surface area contributed by atoms with Crippen molar-refractivity contribution < 1.29 is 9.18 Å². The molecule has 0 aliphatic heterocycles. The number of nitrogens with one attached hydrogen (secondary N) is 1. The summed E-state index contributed by atoms with van der Waals surface area (Å²) in [6.07, 6.45) is 6.50. The number of carbonyl (C=O) groups is 1. The Labute approximate surface area is 136 Å². The van der Waals surface area contributed by atoms with Crippen LogP contribution in [0.5, 0.6) is 0 Å². The van der Waals surface area contributed by atoms with Crippen LogP contribution < -0.4 is 5.32 Å². The molecule has 0 spiro atoms. The van der Waals surface area contributed by atoms with Gasteiger partial charge in [0.25, 0.3) is 11.7 Å². The first-order valence-electron chi connectivity index (χ1n) is 7.01. The third kappa shape index (κ3) is 3.62. The van der Waals surface area contributed by atoms with Gasteiger partial charge in [-0.05, 0) is 36.6 Å². The molecule has 0 saturated carbocycles. The first-order valence-corrected chi connectivity index (χ1v) is 7.39. The van der Waals surface area contributed by atoms with Gasteiger partial charge in [-0.2, -0.15) is 10.1 Å². The van der Waals surface area contributed by atoms with E-state index in [4.69, 9.17) is 11.6 Å². The summed E-state index contributed by atoms with van der Waals surface area (Å²) in [5.41, 5.74) is 1.26. The number of rotatable bonds is 5. The normalized spacial score (nSPS) is 10.9. The number of benzene rings is 1. The van der Waals surface area contributed by atoms with Crippen molar-refractivity contribution in [3.63, 3.8) is 0 Å². The number of amides is 1. The van der Waals surface area contributed by atoms with Gasteiger partial charge in [-0.15, -0.1) is 0 Å². The van der Waals surface area contributed by atoms with Gasteiger partial charge in [0.05, 0.1) is 10.6 Å². The van der Waals surface area contributed by atoms with Crippen LogP contribution >= 0.6 is 11.6 Å².